The van der Waals surface area contributed by atoms with E-state index in [1.54, 1.807) is 0 Å². The minimum absolute atomic E-state index is 0.615. The predicted molar refractivity (Wildman–Crippen MR) is 184 cm³/mol. The molecule has 9 aromatic rings. The zero-order valence-electron chi connectivity index (χ0n) is 24.6. The smallest absolute Gasteiger partial charge is 0.227 e. The number of hydrogen-bond donors (Lipinski definition) is 0. The number of oxazole rings is 1. The maximum absolute atomic E-state index is 6.29. The Bertz CT molecular complexity index is 2510. The van der Waals surface area contributed by atoms with Crippen LogP contribution in [0.3, 0.4) is 0 Å². The average molecular weight is 592 g/mol. The van der Waals surface area contributed by atoms with Crippen LogP contribution in [0.4, 0.5) is 0 Å². The molecule has 0 radical (unpaired) electrons. The van der Waals surface area contributed by atoms with Gasteiger partial charge in [0.2, 0.25) is 5.89 Å². The van der Waals surface area contributed by atoms with Crippen molar-refractivity contribution in [3.63, 3.8) is 0 Å². The third-order valence-corrected chi connectivity index (χ3v) is 8.32. The molecule has 216 valence electrons. The first-order chi connectivity index (χ1) is 22.8. The fourth-order valence-corrected chi connectivity index (χ4v) is 6.06. The van der Waals surface area contributed by atoms with Crippen molar-refractivity contribution in [1.29, 1.82) is 0 Å². The van der Waals surface area contributed by atoms with Gasteiger partial charge in [-0.25, -0.2) is 15.0 Å². The molecule has 0 saturated carbocycles. The third kappa shape index (κ3) is 4.54. The summed E-state index contributed by atoms with van der Waals surface area (Å²) in [5.41, 5.74) is 12.0. The van der Waals surface area contributed by atoms with Crippen molar-refractivity contribution in [2.75, 3.05) is 0 Å². The lowest BCUT2D eigenvalue weighted by Gasteiger charge is -2.10. The van der Waals surface area contributed by atoms with Crippen LogP contribution in [0.1, 0.15) is 0 Å². The summed E-state index contributed by atoms with van der Waals surface area (Å²) in [6, 6.07) is 51.3. The number of hydrogen-bond acceptors (Lipinski definition) is 5. The molecule has 3 heterocycles. The third-order valence-electron chi connectivity index (χ3n) is 8.32. The Morgan fingerprint density at radius 3 is 1.70 bits per heavy atom. The number of furan rings is 1. The molecule has 0 aliphatic heterocycles. The van der Waals surface area contributed by atoms with E-state index in [0.29, 0.717) is 17.3 Å². The lowest BCUT2D eigenvalue weighted by Crippen LogP contribution is -1.94. The molecule has 0 fully saturated rings. The van der Waals surface area contributed by atoms with Crippen molar-refractivity contribution < 1.29 is 8.83 Å². The van der Waals surface area contributed by atoms with Crippen LogP contribution in [0, 0.1) is 0 Å². The Kier molecular flexibility index (Phi) is 6.06. The van der Waals surface area contributed by atoms with Crippen molar-refractivity contribution in [1.82, 2.24) is 15.0 Å². The standard InChI is InChI=1S/C41H25N3O2/c1-2-11-26(12-3-1)37-39-38(33-19-4-6-21-35(33)45-39)44-40(43-37)31-17-9-15-29(24-31)27-13-8-14-28(23-27)30-16-10-18-32(25-30)41-42-34-20-5-7-22-36(34)46-41/h1-25H. The molecule has 0 amide bonds. The highest BCUT2D eigenvalue weighted by Gasteiger charge is 2.18. The number of para-hydroxylation sites is 3. The topological polar surface area (TPSA) is 65.0 Å². The van der Waals surface area contributed by atoms with E-state index in [2.05, 4.69) is 72.8 Å². The maximum Gasteiger partial charge on any atom is 0.227 e. The van der Waals surface area contributed by atoms with Gasteiger partial charge in [0, 0.05) is 22.1 Å². The Hall–Kier alpha value is -6.33. The van der Waals surface area contributed by atoms with Gasteiger partial charge in [-0.2, -0.15) is 0 Å². The van der Waals surface area contributed by atoms with Gasteiger partial charge < -0.3 is 8.83 Å². The quantitative estimate of drug-likeness (QED) is 0.199. The molecule has 0 saturated heterocycles. The Labute approximate surface area is 264 Å². The zero-order valence-corrected chi connectivity index (χ0v) is 24.6. The van der Waals surface area contributed by atoms with Crippen LogP contribution in [-0.4, -0.2) is 15.0 Å². The van der Waals surface area contributed by atoms with E-state index in [1.165, 1.54) is 0 Å². The molecule has 0 aliphatic rings. The van der Waals surface area contributed by atoms with Crippen LogP contribution in [0.25, 0.3) is 89.5 Å². The largest absolute Gasteiger partial charge is 0.452 e. The number of benzene rings is 6. The van der Waals surface area contributed by atoms with Gasteiger partial charge in [-0.3, -0.25) is 0 Å². The molecule has 9 rings (SSSR count). The Morgan fingerprint density at radius 1 is 0.391 bits per heavy atom. The highest BCUT2D eigenvalue weighted by atomic mass is 16.3. The molecule has 0 N–H and O–H groups in total. The molecule has 46 heavy (non-hydrogen) atoms. The van der Waals surface area contributed by atoms with Crippen LogP contribution in [0.15, 0.2) is 160 Å². The molecule has 0 spiro atoms. The highest BCUT2D eigenvalue weighted by Crippen LogP contribution is 2.37. The summed E-state index contributed by atoms with van der Waals surface area (Å²) in [5, 5.41) is 0.974. The minimum Gasteiger partial charge on any atom is -0.452 e. The van der Waals surface area contributed by atoms with E-state index in [9.17, 15) is 0 Å². The predicted octanol–water partition coefficient (Wildman–Crippen LogP) is 10.9. The summed E-state index contributed by atoms with van der Waals surface area (Å²) >= 11 is 0. The van der Waals surface area contributed by atoms with Gasteiger partial charge in [0.15, 0.2) is 17.0 Å². The van der Waals surface area contributed by atoms with Crippen LogP contribution < -0.4 is 0 Å². The lowest BCUT2D eigenvalue weighted by atomic mass is 9.97. The number of aromatic nitrogens is 3. The first-order valence-corrected chi connectivity index (χ1v) is 15.2. The van der Waals surface area contributed by atoms with Gasteiger partial charge in [-0.05, 0) is 70.8 Å². The fraction of sp³-hybridized carbons (Fsp3) is 0. The molecule has 5 nitrogen and oxygen atoms in total. The first kappa shape index (κ1) is 26.1. The molecule has 0 atom stereocenters. The van der Waals surface area contributed by atoms with Gasteiger partial charge in [-0.1, -0.05) is 103 Å². The molecule has 0 bridgehead atoms. The second-order valence-corrected chi connectivity index (χ2v) is 11.3. The van der Waals surface area contributed by atoms with Crippen molar-refractivity contribution in [3.8, 4) is 56.4 Å². The summed E-state index contributed by atoms with van der Waals surface area (Å²) in [7, 11) is 0. The number of rotatable bonds is 5. The van der Waals surface area contributed by atoms with Crippen LogP contribution >= 0.6 is 0 Å². The summed E-state index contributed by atoms with van der Waals surface area (Å²) < 4.78 is 12.3. The highest BCUT2D eigenvalue weighted by molar-refractivity contribution is 6.07. The minimum atomic E-state index is 0.615. The van der Waals surface area contributed by atoms with E-state index < -0.39 is 0 Å². The van der Waals surface area contributed by atoms with Gasteiger partial charge in [0.25, 0.3) is 0 Å². The van der Waals surface area contributed by atoms with E-state index in [1.807, 2.05) is 78.9 Å². The van der Waals surface area contributed by atoms with Crippen molar-refractivity contribution in [2.24, 2.45) is 0 Å². The lowest BCUT2D eigenvalue weighted by molar-refractivity contribution is 0.620. The van der Waals surface area contributed by atoms with E-state index in [0.717, 1.165) is 72.2 Å². The van der Waals surface area contributed by atoms with E-state index >= 15 is 0 Å². The molecule has 5 heteroatoms. The van der Waals surface area contributed by atoms with Crippen molar-refractivity contribution in [2.45, 2.75) is 0 Å². The van der Waals surface area contributed by atoms with Gasteiger partial charge >= 0.3 is 0 Å². The average Bonchev–Trinajstić information content (AvgIpc) is 3.74. The molecular weight excluding hydrogens is 566 g/mol. The fourth-order valence-electron chi connectivity index (χ4n) is 6.06. The Morgan fingerprint density at radius 2 is 0.957 bits per heavy atom. The molecule has 0 aliphatic carbocycles. The van der Waals surface area contributed by atoms with Crippen molar-refractivity contribution in [3.05, 3.63) is 152 Å². The number of fused-ring (bicyclic) bond motifs is 4. The summed E-state index contributed by atoms with van der Waals surface area (Å²) in [6.45, 7) is 0. The second-order valence-electron chi connectivity index (χ2n) is 11.3. The molecule has 3 aromatic heterocycles. The monoisotopic (exact) mass is 591 g/mol. The van der Waals surface area contributed by atoms with Gasteiger partial charge in [0.05, 0.1) is 0 Å². The summed E-state index contributed by atoms with van der Waals surface area (Å²) in [5.74, 6) is 1.27. The van der Waals surface area contributed by atoms with Gasteiger partial charge in [0.1, 0.15) is 22.3 Å². The van der Waals surface area contributed by atoms with Crippen LogP contribution in [-0.2, 0) is 0 Å². The molecule has 6 aromatic carbocycles. The van der Waals surface area contributed by atoms with Crippen LogP contribution in [0.5, 0.6) is 0 Å². The first-order valence-electron chi connectivity index (χ1n) is 15.2. The molecular formula is C41H25N3O2. The van der Waals surface area contributed by atoms with Crippen LogP contribution in [0.2, 0.25) is 0 Å². The second kappa shape index (κ2) is 10.7. The van der Waals surface area contributed by atoms with E-state index in [4.69, 9.17) is 23.8 Å². The van der Waals surface area contributed by atoms with Crippen molar-refractivity contribution >= 4 is 33.2 Å². The summed E-state index contributed by atoms with van der Waals surface area (Å²) in [6.07, 6.45) is 0. The SMILES string of the molecule is c1ccc(-c2nc(-c3cccc(-c4cccc(-c5cccc(-c6nc7ccccc7o6)c5)c4)c3)nc3c2oc2ccccc23)cc1. The normalized spacial score (nSPS) is 11.5. The summed E-state index contributed by atoms with van der Waals surface area (Å²) in [4.78, 5) is 14.8. The van der Waals surface area contributed by atoms with E-state index in [-0.39, 0.29) is 0 Å². The van der Waals surface area contributed by atoms with Gasteiger partial charge in [-0.15, -0.1) is 0 Å². The number of nitrogens with zero attached hydrogens (tertiary/aromatic N) is 3. The Balaban J connectivity index is 1.12. The maximum atomic E-state index is 6.29. The molecule has 0 unspecified atom stereocenters. The zero-order chi connectivity index (χ0) is 30.5.